The molecule has 2 amide bonds. The standard InChI is InChI=1S/C24H22N2O5S2/c1-13-8-21(28)31-19-9-16(5-6-18(13)19)30-11-15-12-33-24-22(23(29)26(24)14(15)2)25-20(27)10-17-4-3-7-32-17/h3-9,22,24H,10-12H2,1-2H3,(H,25,27). The van der Waals surface area contributed by atoms with Gasteiger partial charge in [0.05, 0.1) is 6.42 Å². The topological polar surface area (TPSA) is 88.8 Å². The van der Waals surface area contributed by atoms with Crippen molar-refractivity contribution in [2.75, 3.05) is 12.4 Å². The molecule has 2 aliphatic heterocycles. The number of rotatable bonds is 6. The molecule has 2 aliphatic rings. The molecule has 5 rings (SSSR count). The number of amides is 2. The Morgan fingerprint density at radius 2 is 2.09 bits per heavy atom. The second kappa shape index (κ2) is 8.72. The van der Waals surface area contributed by atoms with Gasteiger partial charge in [-0.2, -0.15) is 0 Å². The summed E-state index contributed by atoms with van der Waals surface area (Å²) in [6.45, 7) is 4.10. The highest BCUT2D eigenvalue weighted by Crippen LogP contribution is 2.40. The lowest BCUT2D eigenvalue weighted by atomic mass is 10.0. The minimum Gasteiger partial charge on any atom is -0.489 e. The third-order valence-electron chi connectivity index (χ3n) is 5.91. The van der Waals surface area contributed by atoms with E-state index in [0.717, 1.165) is 27.1 Å². The number of benzene rings is 1. The summed E-state index contributed by atoms with van der Waals surface area (Å²) in [7, 11) is 0. The zero-order valence-corrected chi connectivity index (χ0v) is 19.8. The van der Waals surface area contributed by atoms with Gasteiger partial charge in [0.1, 0.15) is 29.4 Å². The van der Waals surface area contributed by atoms with Crippen LogP contribution in [-0.2, 0) is 16.0 Å². The van der Waals surface area contributed by atoms with Crippen molar-refractivity contribution in [2.24, 2.45) is 0 Å². The Hall–Kier alpha value is -3.04. The molecule has 0 aliphatic carbocycles. The van der Waals surface area contributed by atoms with Crippen LogP contribution in [-0.4, -0.2) is 40.5 Å². The fraction of sp³-hybridized carbons (Fsp3) is 0.292. The van der Waals surface area contributed by atoms with Crippen molar-refractivity contribution in [3.63, 3.8) is 0 Å². The summed E-state index contributed by atoms with van der Waals surface area (Å²) in [4.78, 5) is 39.5. The Morgan fingerprint density at radius 3 is 2.88 bits per heavy atom. The number of carbonyl (C=O) groups excluding carboxylic acids is 2. The van der Waals surface area contributed by atoms with Crippen molar-refractivity contribution in [1.29, 1.82) is 0 Å². The largest absolute Gasteiger partial charge is 0.489 e. The predicted molar refractivity (Wildman–Crippen MR) is 128 cm³/mol. The van der Waals surface area contributed by atoms with E-state index in [1.54, 1.807) is 22.7 Å². The van der Waals surface area contributed by atoms with Crippen LogP contribution in [0.15, 0.2) is 62.3 Å². The highest BCUT2D eigenvalue weighted by molar-refractivity contribution is 8.00. The molecule has 7 nitrogen and oxygen atoms in total. The molecule has 9 heteroatoms. The number of aryl methyl sites for hydroxylation is 1. The van der Waals surface area contributed by atoms with Gasteiger partial charge in [0.15, 0.2) is 0 Å². The molecule has 2 atom stereocenters. The summed E-state index contributed by atoms with van der Waals surface area (Å²) in [5.41, 5.74) is 2.84. The fourth-order valence-corrected chi connectivity index (χ4v) is 6.25. The van der Waals surface area contributed by atoms with Crippen molar-refractivity contribution in [2.45, 2.75) is 31.7 Å². The number of β-lactam (4-membered cyclic amide) rings is 1. The molecule has 3 aromatic rings. The van der Waals surface area contributed by atoms with Gasteiger partial charge in [-0.1, -0.05) is 6.07 Å². The first-order chi connectivity index (χ1) is 15.9. The Balaban J connectivity index is 1.23. The van der Waals surface area contributed by atoms with Gasteiger partial charge < -0.3 is 14.5 Å². The van der Waals surface area contributed by atoms with E-state index < -0.39 is 11.7 Å². The second-order valence-corrected chi connectivity index (χ2v) is 10.2. The number of hydrogen-bond acceptors (Lipinski definition) is 7. The van der Waals surface area contributed by atoms with Crippen molar-refractivity contribution < 1.29 is 18.7 Å². The van der Waals surface area contributed by atoms with Crippen LogP contribution in [0, 0.1) is 6.92 Å². The van der Waals surface area contributed by atoms with Crippen LogP contribution >= 0.6 is 23.1 Å². The van der Waals surface area contributed by atoms with Crippen LogP contribution < -0.4 is 15.7 Å². The summed E-state index contributed by atoms with van der Waals surface area (Å²) in [6.07, 6.45) is 0.290. The van der Waals surface area contributed by atoms with Gasteiger partial charge in [0.25, 0.3) is 5.91 Å². The zero-order valence-electron chi connectivity index (χ0n) is 18.1. The van der Waals surface area contributed by atoms with Gasteiger partial charge in [-0.3, -0.25) is 14.5 Å². The lowest BCUT2D eigenvalue weighted by molar-refractivity contribution is -0.145. The molecule has 170 valence electrons. The predicted octanol–water partition coefficient (Wildman–Crippen LogP) is 3.46. The van der Waals surface area contributed by atoms with E-state index in [1.807, 2.05) is 43.5 Å². The van der Waals surface area contributed by atoms with E-state index >= 15 is 0 Å². The summed E-state index contributed by atoms with van der Waals surface area (Å²) < 4.78 is 11.2. The van der Waals surface area contributed by atoms with Crippen LogP contribution in [0.3, 0.4) is 0 Å². The average molecular weight is 483 g/mol. The number of carbonyl (C=O) groups is 2. The Labute approximate surface area is 198 Å². The summed E-state index contributed by atoms with van der Waals surface area (Å²) in [6, 6.07) is 10.2. The first-order valence-corrected chi connectivity index (χ1v) is 12.5. The lowest BCUT2D eigenvalue weighted by Gasteiger charge is -2.50. The fourth-order valence-electron chi connectivity index (χ4n) is 4.09. The molecule has 1 aromatic carbocycles. The molecule has 0 saturated carbocycles. The van der Waals surface area contributed by atoms with Gasteiger partial charge in [-0.05, 0) is 48.6 Å². The van der Waals surface area contributed by atoms with E-state index in [4.69, 9.17) is 9.15 Å². The molecule has 2 unspecified atom stereocenters. The minimum atomic E-state index is -0.494. The van der Waals surface area contributed by atoms with Crippen molar-refractivity contribution >= 4 is 45.9 Å². The molecular formula is C24H22N2O5S2. The first-order valence-electron chi connectivity index (χ1n) is 10.5. The lowest BCUT2D eigenvalue weighted by Crippen LogP contribution is -2.69. The first kappa shape index (κ1) is 21.8. The van der Waals surface area contributed by atoms with E-state index in [-0.39, 0.29) is 23.6 Å². The highest BCUT2D eigenvalue weighted by atomic mass is 32.2. The molecule has 33 heavy (non-hydrogen) atoms. The van der Waals surface area contributed by atoms with Crippen LogP contribution in [0.1, 0.15) is 17.4 Å². The number of thioether (sulfide) groups is 1. The maximum absolute atomic E-state index is 12.8. The number of ether oxygens (including phenoxy) is 1. The van der Waals surface area contributed by atoms with Crippen molar-refractivity contribution in [3.8, 4) is 5.75 Å². The zero-order chi connectivity index (χ0) is 23.1. The highest BCUT2D eigenvalue weighted by Gasteiger charge is 2.51. The molecule has 4 heterocycles. The van der Waals surface area contributed by atoms with Crippen LogP contribution in [0.25, 0.3) is 11.0 Å². The van der Waals surface area contributed by atoms with Crippen molar-refractivity contribution in [1.82, 2.24) is 10.2 Å². The Kier molecular flexibility index (Phi) is 5.76. The summed E-state index contributed by atoms with van der Waals surface area (Å²) in [5, 5.41) is 5.60. The van der Waals surface area contributed by atoms with Crippen LogP contribution in [0.4, 0.5) is 0 Å². The van der Waals surface area contributed by atoms with E-state index in [2.05, 4.69) is 5.32 Å². The SMILES string of the molecule is CC1=C(COc2ccc3c(C)cc(=O)oc3c2)CSC2C(NC(=O)Cc3cccs3)C(=O)N12. The monoisotopic (exact) mass is 482 g/mol. The third kappa shape index (κ3) is 4.18. The van der Waals surface area contributed by atoms with Gasteiger partial charge in [-0.25, -0.2) is 4.79 Å². The summed E-state index contributed by atoms with van der Waals surface area (Å²) in [5.74, 6) is 1.08. The molecule has 0 radical (unpaired) electrons. The van der Waals surface area contributed by atoms with Gasteiger partial charge in [0.2, 0.25) is 5.91 Å². The van der Waals surface area contributed by atoms with Gasteiger partial charge in [-0.15, -0.1) is 23.1 Å². The smallest absolute Gasteiger partial charge is 0.336 e. The van der Waals surface area contributed by atoms with E-state index in [1.165, 1.54) is 17.4 Å². The van der Waals surface area contributed by atoms with Gasteiger partial charge in [0, 0.05) is 33.8 Å². The normalized spacial score (nSPS) is 19.9. The minimum absolute atomic E-state index is 0.0912. The average Bonchev–Trinajstić information content (AvgIpc) is 3.28. The quantitative estimate of drug-likeness (QED) is 0.428. The molecule has 1 fully saturated rings. The Morgan fingerprint density at radius 1 is 1.24 bits per heavy atom. The second-order valence-electron chi connectivity index (χ2n) is 8.10. The number of hydrogen-bond donors (Lipinski definition) is 1. The molecule has 0 bridgehead atoms. The number of nitrogens with zero attached hydrogens (tertiary/aromatic N) is 1. The molecule has 1 N–H and O–H groups in total. The maximum atomic E-state index is 12.8. The molecule has 1 saturated heterocycles. The third-order valence-corrected chi connectivity index (χ3v) is 8.13. The van der Waals surface area contributed by atoms with Gasteiger partial charge >= 0.3 is 5.63 Å². The van der Waals surface area contributed by atoms with Crippen molar-refractivity contribution in [3.05, 3.63) is 73.9 Å². The molecule has 0 spiro atoms. The molecular weight excluding hydrogens is 460 g/mol. The number of fused-ring (bicyclic) bond motifs is 2. The molecule has 2 aromatic heterocycles. The number of allylic oxidation sites excluding steroid dienone is 1. The van der Waals surface area contributed by atoms with Crippen LogP contribution in [0.2, 0.25) is 0 Å². The van der Waals surface area contributed by atoms with E-state index in [9.17, 15) is 14.4 Å². The Bertz CT molecular complexity index is 1330. The van der Waals surface area contributed by atoms with E-state index in [0.29, 0.717) is 23.7 Å². The maximum Gasteiger partial charge on any atom is 0.336 e. The number of nitrogens with one attached hydrogen (secondary N) is 1. The number of thiophene rings is 1. The summed E-state index contributed by atoms with van der Waals surface area (Å²) >= 11 is 3.15. The van der Waals surface area contributed by atoms with Crippen LogP contribution in [0.5, 0.6) is 5.75 Å².